The van der Waals surface area contributed by atoms with E-state index in [-0.39, 0.29) is 14.4 Å². The molecule has 12 heteroatoms. The summed E-state index contributed by atoms with van der Waals surface area (Å²) in [5, 5.41) is 11.8. The Bertz CT molecular complexity index is 847. The van der Waals surface area contributed by atoms with Gasteiger partial charge in [-0.15, -0.1) is 11.3 Å². The molecule has 1 aromatic carbocycles. The quantitative estimate of drug-likeness (QED) is 0.580. The van der Waals surface area contributed by atoms with E-state index in [1.54, 1.807) is 0 Å². The summed E-state index contributed by atoms with van der Waals surface area (Å²) in [7, 11) is -4.17. The summed E-state index contributed by atoms with van der Waals surface area (Å²) in [6, 6.07) is 3.36. The van der Waals surface area contributed by atoms with Gasteiger partial charge in [0.15, 0.2) is 4.21 Å². The van der Waals surface area contributed by atoms with Crippen LogP contribution in [0.2, 0.25) is 0 Å². The minimum atomic E-state index is -4.53. The average molecular weight is 431 g/mol. The number of anilines is 1. The van der Waals surface area contributed by atoms with Crippen molar-refractivity contribution in [2.24, 2.45) is 0 Å². The summed E-state index contributed by atoms with van der Waals surface area (Å²) in [5.74, 6) is 0. The van der Waals surface area contributed by atoms with Crippen molar-refractivity contribution in [3.8, 4) is 0 Å². The summed E-state index contributed by atoms with van der Waals surface area (Å²) in [6.45, 7) is 0. The number of thiophene rings is 1. The molecule has 0 amide bonds. The Morgan fingerprint density at radius 2 is 1.78 bits per heavy atom. The zero-order valence-corrected chi connectivity index (χ0v) is 14.0. The molecule has 0 saturated carbocycles. The number of rotatable bonds is 4. The number of halogens is 4. The van der Waals surface area contributed by atoms with Crippen LogP contribution in [-0.4, -0.2) is 13.3 Å². The van der Waals surface area contributed by atoms with Crippen molar-refractivity contribution in [2.75, 3.05) is 4.72 Å². The predicted octanol–water partition coefficient (Wildman–Crippen LogP) is 4.24. The topological polar surface area (TPSA) is 89.3 Å². The molecule has 23 heavy (non-hydrogen) atoms. The molecule has 1 aromatic heterocycles. The number of benzene rings is 1. The average Bonchev–Trinajstić information content (AvgIpc) is 2.80. The summed E-state index contributed by atoms with van der Waals surface area (Å²) < 4.78 is 63.2. The molecule has 2 aromatic rings. The fraction of sp³-hybridized carbons (Fsp3) is 0.0909. The van der Waals surface area contributed by atoms with E-state index in [1.807, 2.05) is 0 Å². The molecular weight excluding hydrogens is 425 g/mol. The number of alkyl halides is 3. The van der Waals surface area contributed by atoms with Gasteiger partial charge in [0.2, 0.25) is 0 Å². The molecule has 0 atom stereocenters. The zero-order chi connectivity index (χ0) is 17.4. The van der Waals surface area contributed by atoms with Crippen molar-refractivity contribution in [1.82, 2.24) is 0 Å². The molecule has 0 aliphatic rings. The third-order valence-corrected chi connectivity index (χ3v) is 6.82. The first-order valence-electron chi connectivity index (χ1n) is 5.64. The van der Waals surface area contributed by atoms with Gasteiger partial charge in [0.1, 0.15) is 4.47 Å². The molecule has 0 spiro atoms. The van der Waals surface area contributed by atoms with Crippen LogP contribution in [0, 0.1) is 10.1 Å². The highest BCUT2D eigenvalue weighted by atomic mass is 79.9. The highest BCUT2D eigenvalue weighted by Gasteiger charge is 2.31. The Labute approximate surface area is 140 Å². The van der Waals surface area contributed by atoms with E-state index in [1.165, 1.54) is 0 Å². The Kier molecular flexibility index (Phi) is 4.69. The van der Waals surface area contributed by atoms with Gasteiger partial charge in [-0.05, 0) is 40.2 Å². The summed E-state index contributed by atoms with van der Waals surface area (Å²) in [6.07, 6.45) is -4.53. The molecule has 1 N–H and O–H groups in total. The smallest absolute Gasteiger partial charge is 0.279 e. The van der Waals surface area contributed by atoms with Crippen LogP contribution in [-0.2, 0) is 16.2 Å². The second-order valence-corrected chi connectivity index (χ2v) is 7.71. The number of nitrogens with zero attached hydrogens (tertiary/aromatic N) is 1. The van der Waals surface area contributed by atoms with Crippen LogP contribution in [0.4, 0.5) is 24.5 Å². The van der Waals surface area contributed by atoms with Gasteiger partial charge in [-0.2, -0.15) is 13.2 Å². The van der Waals surface area contributed by atoms with Crippen LogP contribution in [0.1, 0.15) is 5.56 Å². The van der Waals surface area contributed by atoms with E-state index in [9.17, 15) is 31.7 Å². The maximum absolute atomic E-state index is 12.4. The molecule has 0 bridgehead atoms. The molecular formula is C11H6BrF3N2O4S2. The largest absolute Gasteiger partial charge is 0.416 e. The number of nitrogens with one attached hydrogen (secondary N) is 1. The molecule has 0 aliphatic heterocycles. The Morgan fingerprint density at radius 1 is 1.22 bits per heavy atom. The standard InChI is InChI=1S/C11H6BrF3N2O4S2/c12-9-8(17(18)19)5-22-10(9)23(20,21)16-7-3-1-6(2-4-7)11(13,14)15/h1-5,16H. The van der Waals surface area contributed by atoms with Crippen LogP contribution < -0.4 is 4.72 Å². The maximum atomic E-state index is 12.4. The van der Waals surface area contributed by atoms with E-state index in [0.29, 0.717) is 11.3 Å². The van der Waals surface area contributed by atoms with Crippen LogP contribution in [0.15, 0.2) is 38.3 Å². The molecule has 0 fully saturated rings. The van der Waals surface area contributed by atoms with Crippen LogP contribution in [0.5, 0.6) is 0 Å². The van der Waals surface area contributed by atoms with Crippen molar-refractivity contribution >= 4 is 48.7 Å². The van der Waals surface area contributed by atoms with Crippen molar-refractivity contribution in [1.29, 1.82) is 0 Å². The molecule has 1 heterocycles. The monoisotopic (exact) mass is 430 g/mol. The van der Waals surface area contributed by atoms with Gasteiger partial charge in [-0.1, -0.05) is 0 Å². The van der Waals surface area contributed by atoms with E-state index in [4.69, 9.17) is 0 Å². The van der Waals surface area contributed by atoms with Crippen molar-refractivity contribution < 1.29 is 26.5 Å². The Hall–Kier alpha value is -1.66. The lowest BCUT2D eigenvalue weighted by atomic mass is 10.2. The summed E-state index contributed by atoms with van der Waals surface area (Å²) in [5.41, 5.74) is -1.43. The van der Waals surface area contributed by atoms with Gasteiger partial charge in [0, 0.05) is 5.69 Å². The van der Waals surface area contributed by atoms with Crippen LogP contribution >= 0.6 is 27.3 Å². The van der Waals surface area contributed by atoms with Gasteiger partial charge in [-0.3, -0.25) is 14.8 Å². The molecule has 6 nitrogen and oxygen atoms in total. The first kappa shape index (κ1) is 17.7. The summed E-state index contributed by atoms with van der Waals surface area (Å²) >= 11 is 3.46. The van der Waals surface area contributed by atoms with E-state index in [0.717, 1.165) is 29.6 Å². The fourth-order valence-corrected chi connectivity index (χ4v) is 5.17. The van der Waals surface area contributed by atoms with Gasteiger partial charge < -0.3 is 0 Å². The lowest BCUT2D eigenvalue weighted by Crippen LogP contribution is -2.12. The Morgan fingerprint density at radius 3 is 2.22 bits per heavy atom. The SMILES string of the molecule is O=[N+]([O-])c1csc(S(=O)(=O)Nc2ccc(C(F)(F)F)cc2)c1Br. The second-order valence-electron chi connectivity index (χ2n) is 4.16. The highest BCUT2D eigenvalue weighted by molar-refractivity contribution is 9.10. The second kappa shape index (κ2) is 6.09. The Balaban J connectivity index is 2.30. The molecule has 0 aliphatic carbocycles. The van der Waals surface area contributed by atoms with Gasteiger partial charge in [0.25, 0.3) is 15.7 Å². The lowest BCUT2D eigenvalue weighted by Gasteiger charge is -2.09. The number of hydrogen-bond donors (Lipinski definition) is 1. The zero-order valence-electron chi connectivity index (χ0n) is 10.8. The molecule has 0 saturated heterocycles. The van der Waals surface area contributed by atoms with E-state index < -0.39 is 32.4 Å². The third kappa shape index (κ3) is 3.82. The van der Waals surface area contributed by atoms with Gasteiger partial charge >= 0.3 is 6.18 Å². The summed E-state index contributed by atoms with van der Waals surface area (Å²) in [4.78, 5) is 9.96. The molecule has 124 valence electrons. The van der Waals surface area contributed by atoms with Crippen LogP contribution in [0.25, 0.3) is 0 Å². The highest BCUT2D eigenvalue weighted by Crippen LogP contribution is 2.38. The van der Waals surface area contributed by atoms with Gasteiger partial charge in [-0.25, -0.2) is 8.42 Å². The molecule has 0 unspecified atom stereocenters. The minimum Gasteiger partial charge on any atom is -0.279 e. The normalized spacial score (nSPS) is 12.2. The lowest BCUT2D eigenvalue weighted by molar-refractivity contribution is -0.385. The van der Waals surface area contributed by atoms with Crippen molar-refractivity contribution in [3.63, 3.8) is 0 Å². The van der Waals surface area contributed by atoms with Gasteiger partial charge in [0.05, 0.1) is 15.9 Å². The number of sulfonamides is 1. The van der Waals surface area contributed by atoms with Crippen molar-refractivity contribution in [2.45, 2.75) is 10.4 Å². The number of hydrogen-bond acceptors (Lipinski definition) is 5. The molecule has 2 rings (SSSR count). The van der Waals surface area contributed by atoms with E-state index >= 15 is 0 Å². The number of nitro groups is 1. The van der Waals surface area contributed by atoms with E-state index in [2.05, 4.69) is 20.7 Å². The predicted molar refractivity (Wildman–Crippen MR) is 80.9 cm³/mol. The van der Waals surface area contributed by atoms with Crippen LogP contribution in [0.3, 0.4) is 0 Å². The fourth-order valence-electron chi connectivity index (χ4n) is 1.55. The third-order valence-electron chi connectivity index (χ3n) is 2.59. The first-order valence-corrected chi connectivity index (χ1v) is 8.79. The molecule has 0 radical (unpaired) electrons. The first-order chi connectivity index (χ1) is 10.5. The maximum Gasteiger partial charge on any atom is 0.416 e. The van der Waals surface area contributed by atoms with Crippen molar-refractivity contribution in [3.05, 3.63) is 49.8 Å². The minimum absolute atomic E-state index is 0.0963.